The Morgan fingerprint density at radius 3 is 2.50 bits per heavy atom. The monoisotopic (exact) mass is 255 g/mol. The maximum atomic E-state index is 10.6. The molecule has 1 heterocycles. The van der Waals surface area contributed by atoms with E-state index in [1.165, 1.54) is 6.07 Å². The zero-order valence-electron chi connectivity index (χ0n) is 10.9. The lowest BCUT2D eigenvalue weighted by atomic mass is 9.83. The van der Waals surface area contributed by atoms with Crippen molar-refractivity contribution >= 4 is 5.97 Å². The molecule has 0 aromatic carbocycles. The van der Waals surface area contributed by atoms with E-state index < -0.39 is 5.97 Å². The van der Waals surface area contributed by atoms with Crippen molar-refractivity contribution in [2.24, 2.45) is 5.41 Å². The second-order valence-corrected chi connectivity index (χ2v) is 4.54. The number of carboxylic acids is 1. The van der Waals surface area contributed by atoms with Gasteiger partial charge in [0.15, 0.2) is 0 Å². The van der Waals surface area contributed by atoms with Gasteiger partial charge in [-0.25, -0.2) is 4.79 Å². The van der Waals surface area contributed by atoms with Crippen LogP contribution >= 0.6 is 0 Å². The maximum absolute atomic E-state index is 10.6. The molecule has 5 nitrogen and oxygen atoms in total. The van der Waals surface area contributed by atoms with Crippen LogP contribution in [0, 0.1) is 5.41 Å². The Kier molecular flexibility index (Phi) is 5.37. The quantitative estimate of drug-likeness (QED) is 0.660. The van der Waals surface area contributed by atoms with E-state index in [1.807, 2.05) is 0 Å². The molecule has 0 bridgehead atoms. The van der Waals surface area contributed by atoms with Crippen LogP contribution < -0.4 is 5.32 Å². The minimum absolute atomic E-state index is 0.0498. The molecule has 0 saturated carbocycles. The van der Waals surface area contributed by atoms with Crippen molar-refractivity contribution in [1.29, 1.82) is 0 Å². The second kappa shape index (κ2) is 6.56. The third-order valence-corrected chi connectivity index (χ3v) is 3.51. The van der Waals surface area contributed by atoms with Crippen LogP contribution in [0.4, 0.5) is 0 Å². The molecule has 0 amide bonds. The van der Waals surface area contributed by atoms with E-state index >= 15 is 0 Å². The summed E-state index contributed by atoms with van der Waals surface area (Å²) >= 11 is 0. The molecule has 0 radical (unpaired) electrons. The van der Waals surface area contributed by atoms with Gasteiger partial charge in [-0.05, 0) is 25.0 Å². The summed E-state index contributed by atoms with van der Waals surface area (Å²) in [4.78, 5) is 10.6. The van der Waals surface area contributed by atoms with Gasteiger partial charge < -0.3 is 19.9 Å². The Hall–Kier alpha value is -1.33. The molecule has 1 rings (SSSR count). The predicted molar refractivity (Wildman–Crippen MR) is 67.5 cm³/mol. The minimum atomic E-state index is -1.06. The highest BCUT2D eigenvalue weighted by molar-refractivity contribution is 5.84. The highest BCUT2D eigenvalue weighted by Gasteiger charge is 2.24. The number of hydrogen-bond donors (Lipinski definition) is 3. The lowest BCUT2D eigenvalue weighted by molar-refractivity contribution is 0.0660. The van der Waals surface area contributed by atoms with Crippen molar-refractivity contribution in [3.8, 4) is 0 Å². The fourth-order valence-electron chi connectivity index (χ4n) is 1.82. The van der Waals surface area contributed by atoms with Crippen molar-refractivity contribution in [2.75, 3.05) is 13.2 Å². The average Bonchev–Trinajstić information content (AvgIpc) is 2.84. The van der Waals surface area contributed by atoms with Gasteiger partial charge in [-0.3, -0.25) is 0 Å². The second-order valence-electron chi connectivity index (χ2n) is 4.54. The first-order valence-electron chi connectivity index (χ1n) is 6.20. The van der Waals surface area contributed by atoms with E-state index in [1.54, 1.807) is 6.07 Å². The van der Waals surface area contributed by atoms with Crippen LogP contribution in [0.5, 0.6) is 0 Å². The Morgan fingerprint density at radius 2 is 2.06 bits per heavy atom. The summed E-state index contributed by atoms with van der Waals surface area (Å²) in [7, 11) is 0. The Labute approximate surface area is 107 Å². The van der Waals surface area contributed by atoms with Gasteiger partial charge in [0, 0.05) is 18.6 Å². The minimum Gasteiger partial charge on any atom is -0.475 e. The number of furan rings is 1. The van der Waals surface area contributed by atoms with E-state index in [9.17, 15) is 9.90 Å². The third-order valence-electron chi connectivity index (χ3n) is 3.51. The summed E-state index contributed by atoms with van der Waals surface area (Å²) in [6.45, 7) is 5.40. The summed E-state index contributed by atoms with van der Waals surface area (Å²) in [5.41, 5.74) is -0.109. The number of aliphatic hydroxyl groups excluding tert-OH is 1. The van der Waals surface area contributed by atoms with Crippen LogP contribution in [0.2, 0.25) is 0 Å². The molecule has 1 aromatic rings. The van der Waals surface area contributed by atoms with Crippen LogP contribution in [0.25, 0.3) is 0 Å². The zero-order chi connectivity index (χ0) is 13.6. The molecular formula is C13H21NO4. The SMILES string of the molecule is CCC(CC)(CO)CNCc1ccc(C(=O)O)o1. The molecule has 0 spiro atoms. The van der Waals surface area contributed by atoms with E-state index in [4.69, 9.17) is 9.52 Å². The van der Waals surface area contributed by atoms with Crippen LogP contribution in [0.15, 0.2) is 16.5 Å². The number of aliphatic hydroxyl groups is 1. The molecule has 0 unspecified atom stereocenters. The van der Waals surface area contributed by atoms with Gasteiger partial charge in [0.05, 0.1) is 6.54 Å². The Balaban J connectivity index is 2.47. The lowest BCUT2D eigenvalue weighted by Gasteiger charge is -2.29. The van der Waals surface area contributed by atoms with E-state index in [0.29, 0.717) is 18.8 Å². The van der Waals surface area contributed by atoms with Crippen LogP contribution in [-0.4, -0.2) is 29.3 Å². The number of carboxylic acid groups (broad SMARTS) is 1. The van der Waals surface area contributed by atoms with Crippen LogP contribution in [0.3, 0.4) is 0 Å². The average molecular weight is 255 g/mol. The van der Waals surface area contributed by atoms with Crippen molar-refractivity contribution in [2.45, 2.75) is 33.2 Å². The highest BCUT2D eigenvalue weighted by Crippen LogP contribution is 2.24. The summed E-state index contributed by atoms with van der Waals surface area (Å²) in [6.07, 6.45) is 1.79. The van der Waals surface area contributed by atoms with Gasteiger partial charge in [-0.15, -0.1) is 0 Å². The molecule has 0 saturated heterocycles. The molecule has 0 fully saturated rings. The number of aromatic carboxylic acids is 1. The molecule has 1 aromatic heterocycles. The fraction of sp³-hybridized carbons (Fsp3) is 0.615. The number of carbonyl (C=O) groups is 1. The van der Waals surface area contributed by atoms with Crippen molar-refractivity contribution in [3.63, 3.8) is 0 Å². The largest absolute Gasteiger partial charge is 0.475 e. The van der Waals surface area contributed by atoms with E-state index in [-0.39, 0.29) is 17.8 Å². The molecule has 0 aliphatic heterocycles. The predicted octanol–water partition coefficient (Wildman–Crippen LogP) is 1.87. The molecule has 102 valence electrons. The van der Waals surface area contributed by atoms with Gasteiger partial charge in [-0.2, -0.15) is 0 Å². The summed E-state index contributed by atoms with van der Waals surface area (Å²) in [5, 5.41) is 21.3. The first-order chi connectivity index (χ1) is 8.56. The molecule has 3 N–H and O–H groups in total. The Morgan fingerprint density at radius 1 is 1.39 bits per heavy atom. The normalized spacial score (nSPS) is 11.7. The standard InChI is InChI=1S/C13H21NO4/c1-3-13(4-2,9-15)8-14-7-10-5-6-11(18-10)12(16)17/h5-6,14-15H,3-4,7-9H2,1-2H3,(H,16,17). The summed E-state index contributed by atoms with van der Waals surface area (Å²) < 4.78 is 5.14. The molecule has 18 heavy (non-hydrogen) atoms. The molecule has 0 aliphatic rings. The van der Waals surface area contributed by atoms with Crippen molar-refractivity contribution < 1.29 is 19.4 Å². The fourth-order valence-corrected chi connectivity index (χ4v) is 1.82. The first kappa shape index (κ1) is 14.7. The smallest absolute Gasteiger partial charge is 0.371 e. The number of rotatable bonds is 8. The topological polar surface area (TPSA) is 82.7 Å². The Bertz CT molecular complexity index is 374. The van der Waals surface area contributed by atoms with Crippen LogP contribution in [0.1, 0.15) is 43.0 Å². The van der Waals surface area contributed by atoms with Gasteiger partial charge in [-0.1, -0.05) is 13.8 Å². The molecule has 0 atom stereocenters. The van der Waals surface area contributed by atoms with Crippen molar-refractivity contribution in [3.05, 3.63) is 23.7 Å². The van der Waals surface area contributed by atoms with Gasteiger partial charge >= 0.3 is 5.97 Å². The summed E-state index contributed by atoms with van der Waals surface area (Å²) in [5.74, 6) is -0.522. The highest BCUT2D eigenvalue weighted by atomic mass is 16.4. The first-order valence-corrected chi connectivity index (χ1v) is 6.20. The molecule has 5 heteroatoms. The molecule has 0 aliphatic carbocycles. The third kappa shape index (κ3) is 3.58. The van der Waals surface area contributed by atoms with Gasteiger partial charge in [0.1, 0.15) is 5.76 Å². The van der Waals surface area contributed by atoms with Gasteiger partial charge in [0.25, 0.3) is 0 Å². The zero-order valence-corrected chi connectivity index (χ0v) is 10.9. The van der Waals surface area contributed by atoms with Gasteiger partial charge in [0.2, 0.25) is 5.76 Å². The van der Waals surface area contributed by atoms with Crippen molar-refractivity contribution in [1.82, 2.24) is 5.32 Å². The number of hydrogen-bond acceptors (Lipinski definition) is 4. The van der Waals surface area contributed by atoms with E-state index in [0.717, 1.165) is 12.8 Å². The molecular weight excluding hydrogens is 234 g/mol. The number of nitrogens with one attached hydrogen (secondary N) is 1. The van der Waals surface area contributed by atoms with E-state index in [2.05, 4.69) is 19.2 Å². The summed E-state index contributed by atoms with van der Waals surface area (Å²) in [6, 6.07) is 3.09. The lowest BCUT2D eigenvalue weighted by Crippen LogP contribution is -2.36. The maximum Gasteiger partial charge on any atom is 0.371 e. The van der Waals surface area contributed by atoms with Crippen LogP contribution in [-0.2, 0) is 6.54 Å².